The Morgan fingerprint density at radius 3 is 2.64 bits per heavy atom. The van der Waals surface area contributed by atoms with E-state index < -0.39 is 11.2 Å². The molecule has 0 saturated heterocycles. The van der Waals surface area contributed by atoms with E-state index in [-0.39, 0.29) is 0 Å². The van der Waals surface area contributed by atoms with Crippen molar-refractivity contribution in [3.8, 4) is 0 Å². The van der Waals surface area contributed by atoms with Gasteiger partial charge in [-0.25, -0.2) is 4.79 Å². The summed E-state index contributed by atoms with van der Waals surface area (Å²) >= 11 is 0. The molecule has 1 N–H and O–H groups in total. The number of aryl methyl sites for hydroxylation is 2. The summed E-state index contributed by atoms with van der Waals surface area (Å²) in [5.41, 5.74) is 1.28. The van der Waals surface area contributed by atoms with E-state index >= 15 is 0 Å². The molecule has 1 aromatic heterocycles. The Morgan fingerprint density at radius 1 is 1.21 bits per heavy atom. The van der Waals surface area contributed by atoms with E-state index in [0.717, 1.165) is 11.1 Å². The Balaban J connectivity index is 3.03. The van der Waals surface area contributed by atoms with Crippen molar-refractivity contribution in [1.29, 1.82) is 0 Å². The molecule has 4 heteroatoms. The molecule has 14 heavy (non-hydrogen) atoms. The summed E-state index contributed by atoms with van der Waals surface area (Å²) in [6.45, 7) is 3.74. The maximum absolute atomic E-state index is 11.0. The van der Waals surface area contributed by atoms with Crippen LogP contribution >= 0.6 is 0 Å². The molecule has 1 heterocycles. The van der Waals surface area contributed by atoms with Crippen LogP contribution in [0.1, 0.15) is 11.1 Å². The topological polar surface area (TPSA) is 63.1 Å². The quantitative estimate of drug-likeness (QED) is 0.634. The zero-order valence-corrected chi connectivity index (χ0v) is 7.88. The second kappa shape index (κ2) is 2.83. The highest BCUT2D eigenvalue weighted by Crippen LogP contribution is 2.15. The molecule has 0 bridgehead atoms. The first-order valence-corrected chi connectivity index (χ1v) is 4.22. The van der Waals surface area contributed by atoms with Gasteiger partial charge in [0.1, 0.15) is 0 Å². The zero-order valence-electron chi connectivity index (χ0n) is 7.88. The van der Waals surface area contributed by atoms with Crippen LogP contribution in [0.5, 0.6) is 0 Å². The first-order chi connectivity index (χ1) is 6.58. The van der Waals surface area contributed by atoms with Crippen molar-refractivity contribution < 1.29 is 4.42 Å². The fourth-order valence-corrected chi connectivity index (χ4v) is 1.50. The first-order valence-electron chi connectivity index (χ1n) is 4.22. The van der Waals surface area contributed by atoms with Crippen molar-refractivity contribution in [3.05, 3.63) is 44.0 Å². The molecule has 0 saturated carbocycles. The number of fused-ring (bicyclic) bond motifs is 1. The minimum Gasteiger partial charge on any atom is -0.417 e. The largest absolute Gasteiger partial charge is 0.417 e. The van der Waals surface area contributed by atoms with E-state index in [9.17, 15) is 9.59 Å². The molecule has 2 rings (SSSR count). The Kier molecular flexibility index (Phi) is 1.77. The summed E-state index contributed by atoms with van der Waals surface area (Å²) in [5, 5.41) is 0. The molecule has 0 spiro atoms. The Morgan fingerprint density at radius 2 is 1.93 bits per heavy atom. The van der Waals surface area contributed by atoms with Gasteiger partial charge < -0.3 is 9.40 Å². The van der Waals surface area contributed by atoms with E-state index in [1.165, 1.54) is 0 Å². The summed E-state index contributed by atoms with van der Waals surface area (Å²) in [5.74, 6) is 0. The average molecular weight is 191 g/mol. The van der Waals surface area contributed by atoms with Gasteiger partial charge in [-0.3, -0.25) is 4.79 Å². The van der Waals surface area contributed by atoms with Gasteiger partial charge in [0.2, 0.25) is 0 Å². The molecule has 1 aromatic carbocycles. The fourth-order valence-electron chi connectivity index (χ4n) is 1.50. The highest BCUT2D eigenvalue weighted by molar-refractivity contribution is 5.76. The van der Waals surface area contributed by atoms with Gasteiger partial charge in [0, 0.05) is 0 Å². The van der Waals surface area contributed by atoms with Crippen LogP contribution in [-0.4, -0.2) is 4.98 Å². The van der Waals surface area contributed by atoms with Crippen molar-refractivity contribution >= 4 is 11.1 Å². The number of benzene rings is 1. The smallest absolute Gasteiger partial charge is 0.402 e. The van der Waals surface area contributed by atoms with Crippen molar-refractivity contribution in [1.82, 2.24) is 4.98 Å². The summed E-state index contributed by atoms with van der Waals surface area (Å²) < 4.78 is 4.88. The third-order valence-corrected chi connectivity index (χ3v) is 2.05. The van der Waals surface area contributed by atoms with E-state index in [4.69, 9.17) is 4.42 Å². The fraction of sp³-hybridized carbons (Fsp3) is 0.200. The number of H-pyrrole nitrogens is 1. The summed E-state index contributed by atoms with van der Waals surface area (Å²) in [6, 6.07) is 3.66. The lowest BCUT2D eigenvalue weighted by Gasteiger charge is -2.00. The minimum absolute atomic E-state index is 0.445. The highest BCUT2D eigenvalue weighted by atomic mass is 16.4. The van der Waals surface area contributed by atoms with Crippen LogP contribution in [0.15, 0.2) is 26.1 Å². The number of aromatic nitrogens is 1. The maximum Gasteiger partial charge on any atom is 0.402 e. The van der Waals surface area contributed by atoms with Crippen molar-refractivity contribution in [2.45, 2.75) is 13.8 Å². The molecule has 0 unspecified atom stereocenters. The van der Waals surface area contributed by atoms with Crippen LogP contribution in [-0.2, 0) is 0 Å². The maximum atomic E-state index is 11.0. The molecule has 0 aliphatic heterocycles. The molecule has 72 valence electrons. The second-order valence-corrected chi connectivity index (χ2v) is 3.30. The van der Waals surface area contributed by atoms with Crippen LogP contribution in [0, 0.1) is 13.8 Å². The standard InChI is InChI=1S/C10H9NO3/c1-5-3-6(2)8-7(4-5)11-9(12)10(13)14-8/h3-4H,1-2H3,(H,11,12). The predicted molar refractivity (Wildman–Crippen MR) is 52.6 cm³/mol. The number of aromatic amines is 1. The van der Waals surface area contributed by atoms with Gasteiger partial charge in [-0.15, -0.1) is 0 Å². The third-order valence-electron chi connectivity index (χ3n) is 2.05. The normalized spacial score (nSPS) is 10.7. The molecule has 0 aliphatic rings. The number of hydrogen-bond acceptors (Lipinski definition) is 3. The van der Waals surface area contributed by atoms with Gasteiger partial charge in [0.25, 0.3) is 0 Å². The molecule has 0 radical (unpaired) electrons. The van der Waals surface area contributed by atoms with Gasteiger partial charge in [-0.1, -0.05) is 6.07 Å². The summed E-state index contributed by atoms with van der Waals surface area (Å²) in [4.78, 5) is 24.4. The van der Waals surface area contributed by atoms with E-state index in [1.807, 2.05) is 19.9 Å². The molecule has 0 aliphatic carbocycles. The predicted octanol–water partition coefficient (Wildman–Crippen LogP) is 1.10. The average Bonchev–Trinajstić information content (AvgIpc) is 2.08. The summed E-state index contributed by atoms with van der Waals surface area (Å²) in [7, 11) is 0. The monoisotopic (exact) mass is 191 g/mol. The van der Waals surface area contributed by atoms with Gasteiger partial charge in [-0.2, -0.15) is 0 Å². The first kappa shape index (κ1) is 8.74. The van der Waals surface area contributed by atoms with Crippen LogP contribution in [0.4, 0.5) is 0 Å². The van der Waals surface area contributed by atoms with Gasteiger partial charge in [0.15, 0.2) is 5.58 Å². The van der Waals surface area contributed by atoms with E-state index in [0.29, 0.717) is 11.1 Å². The molecule has 0 fully saturated rings. The Bertz CT molecular complexity index is 607. The van der Waals surface area contributed by atoms with Crippen LogP contribution in [0.25, 0.3) is 11.1 Å². The number of rotatable bonds is 0. The zero-order chi connectivity index (χ0) is 10.3. The SMILES string of the molecule is Cc1cc(C)c2oc(=O)c(=O)[nH]c2c1. The molecule has 2 aromatic rings. The van der Waals surface area contributed by atoms with Crippen molar-refractivity contribution in [3.63, 3.8) is 0 Å². The molecular formula is C10H9NO3. The van der Waals surface area contributed by atoms with Gasteiger partial charge in [-0.05, 0) is 31.0 Å². The van der Waals surface area contributed by atoms with Gasteiger partial charge in [0.05, 0.1) is 5.52 Å². The van der Waals surface area contributed by atoms with E-state index in [1.54, 1.807) is 6.07 Å². The number of nitrogens with one attached hydrogen (secondary N) is 1. The van der Waals surface area contributed by atoms with Crippen LogP contribution in [0.3, 0.4) is 0 Å². The number of hydrogen-bond donors (Lipinski definition) is 1. The third kappa shape index (κ3) is 1.25. The van der Waals surface area contributed by atoms with Crippen LogP contribution in [0.2, 0.25) is 0 Å². The highest BCUT2D eigenvalue weighted by Gasteiger charge is 2.04. The van der Waals surface area contributed by atoms with Crippen LogP contribution < -0.4 is 11.2 Å². The van der Waals surface area contributed by atoms with Crippen molar-refractivity contribution in [2.24, 2.45) is 0 Å². The Hall–Kier alpha value is -1.84. The molecule has 4 nitrogen and oxygen atoms in total. The lowest BCUT2D eigenvalue weighted by Crippen LogP contribution is -2.25. The molecular weight excluding hydrogens is 182 g/mol. The lowest BCUT2D eigenvalue weighted by atomic mass is 10.1. The van der Waals surface area contributed by atoms with E-state index in [2.05, 4.69) is 4.98 Å². The van der Waals surface area contributed by atoms with Crippen molar-refractivity contribution in [2.75, 3.05) is 0 Å². The second-order valence-electron chi connectivity index (χ2n) is 3.30. The molecule has 0 atom stereocenters. The summed E-state index contributed by atoms with van der Waals surface area (Å²) in [6.07, 6.45) is 0. The minimum atomic E-state index is -0.857. The Labute approximate surface area is 79.2 Å². The van der Waals surface area contributed by atoms with Gasteiger partial charge >= 0.3 is 11.2 Å². The molecule has 0 amide bonds. The lowest BCUT2D eigenvalue weighted by molar-refractivity contribution is 0.544.